The molecule has 1 aromatic carbocycles. The molecule has 0 amide bonds. The zero-order chi connectivity index (χ0) is 16.0. The van der Waals surface area contributed by atoms with Crippen molar-refractivity contribution in [2.75, 3.05) is 19.3 Å². The second kappa shape index (κ2) is 8.19. The van der Waals surface area contributed by atoms with Gasteiger partial charge in [-0.25, -0.2) is 4.72 Å². The standard InChI is InChI=1S/C15H24N2O3S2/c1-17(14-8-4-2-5-9-14)22(19,20)16-12-13-21(18)15-10-6-3-7-11-15/h3,6-7,10-11,14,16H,2,4-5,8-9,12-13H2,1H3/t21-/m1/s1. The molecule has 1 aliphatic carbocycles. The molecule has 124 valence electrons. The highest BCUT2D eigenvalue weighted by Gasteiger charge is 2.27. The molecule has 7 heteroatoms. The SMILES string of the molecule is CN(C1CCCCC1)S(=O)(=O)NCC[S@@](=O)c1ccccc1. The van der Waals surface area contributed by atoms with Crippen LogP contribution in [0.3, 0.4) is 0 Å². The van der Waals surface area contributed by atoms with Crippen molar-refractivity contribution >= 4 is 21.0 Å². The predicted octanol–water partition coefficient (Wildman–Crippen LogP) is 1.89. The Morgan fingerprint density at radius 3 is 2.45 bits per heavy atom. The van der Waals surface area contributed by atoms with Crippen LogP contribution in [-0.4, -0.2) is 42.3 Å². The van der Waals surface area contributed by atoms with Gasteiger partial charge in [-0.05, 0) is 25.0 Å². The second-order valence-electron chi connectivity index (χ2n) is 5.57. The highest BCUT2D eigenvalue weighted by atomic mass is 32.2. The topological polar surface area (TPSA) is 66.5 Å². The zero-order valence-corrected chi connectivity index (χ0v) is 14.5. The van der Waals surface area contributed by atoms with Gasteiger partial charge in [0.2, 0.25) is 0 Å². The lowest BCUT2D eigenvalue weighted by Crippen LogP contribution is -2.45. The van der Waals surface area contributed by atoms with E-state index in [0.29, 0.717) is 0 Å². The molecule has 0 spiro atoms. The van der Waals surface area contributed by atoms with E-state index in [1.807, 2.05) is 18.2 Å². The van der Waals surface area contributed by atoms with Gasteiger partial charge < -0.3 is 0 Å². The summed E-state index contributed by atoms with van der Waals surface area (Å²) >= 11 is 0. The number of hydrogen-bond acceptors (Lipinski definition) is 3. The molecule has 2 rings (SSSR count). The van der Waals surface area contributed by atoms with Crippen LogP contribution in [0.5, 0.6) is 0 Å². The van der Waals surface area contributed by atoms with Crippen LogP contribution >= 0.6 is 0 Å². The Kier molecular flexibility index (Phi) is 6.55. The minimum absolute atomic E-state index is 0.0888. The van der Waals surface area contributed by atoms with Crippen molar-refractivity contribution in [3.8, 4) is 0 Å². The molecular formula is C15H24N2O3S2. The van der Waals surface area contributed by atoms with Crippen molar-refractivity contribution in [1.82, 2.24) is 9.03 Å². The van der Waals surface area contributed by atoms with Gasteiger partial charge in [-0.1, -0.05) is 37.5 Å². The van der Waals surface area contributed by atoms with Crippen LogP contribution in [0.25, 0.3) is 0 Å². The molecule has 0 radical (unpaired) electrons. The fourth-order valence-corrected chi connectivity index (χ4v) is 4.98. The average molecular weight is 345 g/mol. The van der Waals surface area contributed by atoms with Crippen molar-refractivity contribution in [1.29, 1.82) is 0 Å². The van der Waals surface area contributed by atoms with Crippen LogP contribution in [0.1, 0.15) is 32.1 Å². The number of rotatable bonds is 7. The van der Waals surface area contributed by atoms with E-state index < -0.39 is 21.0 Å². The molecule has 0 aromatic heterocycles. The van der Waals surface area contributed by atoms with E-state index in [2.05, 4.69) is 4.72 Å². The summed E-state index contributed by atoms with van der Waals surface area (Å²) in [5.41, 5.74) is 0. The summed E-state index contributed by atoms with van der Waals surface area (Å²) in [6.07, 6.45) is 5.21. The van der Waals surface area contributed by atoms with Gasteiger partial charge in [0.25, 0.3) is 10.2 Å². The van der Waals surface area contributed by atoms with E-state index in [1.54, 1.807) is 19.2 Å². The molecular weight excluding hydrogens is 320 g/mol. The summed E-state index contributed by atoms with van der Waals surface area (Å²) in [6, 6.07) is 9.19. The first-order chi connectivity index (χ1) is 10.5. The minimum Gasteiger partial charge on any atom is -0.254 e. The molecule has 0 saturated heterocycles. The van der Waals surface area contributed by atoms with Crippen molar-refractivity contribution in [3.63, 3.8) is 0 Å². The molecule has 0 heterocycles. The number of nitrogens with zero attached hydrogens (tertiary/aromatic N) is 1. The number of hydrogen-bond donors (Lipinski definition) is 1. The molecule has 1 aromatic rings. The third kappa shape index (κ3) is 4.87. The third-order valence-corrected chi connectivity index (χ3v) is 7.04. The van der Waals surface area contributed by atoms with Gasteiger partial charge in [0.1, 0.15) is 0 Å². The smallest absolute Gasteiger partial charge is 0.254 e. The maximum atomic E-state index is 12.3. The summed E-state index contributed by atoms with van der Waals surface area (Å²) in [5, 5.41) is 0. The summed E-state index contributed by atoms with van der Waals surface area (Å²) < 4.78 is 40.6. The predicted molar refractivity (Wildman–Crippen MR) is 89.3 cm³/mol. The fraction of sp³-hybridized carbons (Fsp3) is 0.600. The molecule has 0 unspecified atom stereocenters. The van der Waals surface area contributed by atoms with E-state index in [1.165, 1.54) is 10.7 Å². The van der Waals surface area contributed by atoms with E-state index >= 15 is 0 Å². The van der Waals surface area contributed by atoms with Crippen LogP contribution in [-0.2, 0) is 21.0 Å². The summed E-state index contributed by atoms with van der Waals surface area (Å²) in [4.78, 5) is 0.724. The number of nitrogens with one attached hydrogen (secondary N) is 1. The molecule has 1 fully saturated rings. The van der Waals surface area contributed by atoms with Crippen LogP contribution in [0.15, 0.2) is 35.2 Å². The van der Waals surface area contributed by atoms with E-state index in [4.69, 9.17) is 0 Å². The molecule has 22 heavy (non-hydrogen) atoms. The van der Waals surface area contributed by atoms with E-state index in [9.17, 15) is 12.6 Å². The van der Waals surface area contributed by atoms with Crippen LogP contribution in [0, 0.1) is 0 Å². The minimum atomic E-state index is -3.49. The maximum absolute atomic E-state index is 12.3. The first-order valence-electron chi connectivity index (χ1n) is 7.67. The average Bonchev–Trinajstić information content (AvgIpc) is 2.55. The van der Waals surface area contributed by atoms with Gasteiger partial charge in [0.15, 0.2) is 0 Å². The van der Waals surface area contributed by atoms with Gasteiger partial charge in [0, 0.05) is 30.3 Å². The molecule has 1 N–H and O–H groups in total. The molecule has 0 bridgehead atoms. The Morgan fingerprint density at radius 1 is 1.18 bits per heavy atom. The van der Waals surface area contributed by atoms with Crippen molar-refractivity contribution in [2.45, 2.75) is 43.0 Å². The highest BCUT2D eigenvalue weighted by Crippen LogP contribution is 2.22. The Hall–Kier alpha value is -0.760. The van der Waals surface area contributed by atoms with Gasteiger partial charge in [-0.2, -0.15) is 12.7 Å². The normalized spacial score (nSPS) is 18.5. The van der Waals surface area contributed by atoms with Crippen molar-refractivity contribution in [3.05, 3.63) is 30.3 Å². The van der Waals surface area contributed by atoms with Crippen LogP contribution < -0.4 is 4.72 Å². The monoisotopic (exact) mass is 344 g/mol. The fourth-order valence-electron chi connectivity index (χ4n) is 2.70. The first kappa shape index (κ1) is 17.6. The summed E-state index contributed by atoms with van der Waals surface area (Å²) in [5.74, 6) is 0.280. The Morgan fingerprint density at radius 2 is 1.82 bits per heavy atom. The second-order valence-corrected chi connectivity index (χ2v) is 8.96. The van der Waals surface area contributed by atoms with Crippen molar-refractivity contribution < 1.29 is 12.6 Å². The quantitative estimate of drug-likeness (QED) is 0.821. The Bertz CT molecular complexity index is 584. The van der Waals surface area contributed by atoms with E-state index in [0.717, 1.165) is 30.6 Å². The molecule has 1 saturated carbocycles. The Labute approximate surface area is 135 Å². The van der Waals surface area contributed by atoms with Gasteiger partial charge >= 0.3 is 0 Å². The third-order valence-electron chi connectivity index (χ3n) is 4.05. The summed E-state index contributed by atoms with van der Waals surface area (Å²) in [6.45, 7) is 0.181. The van der Waals surface area contributed by atoms with Crippen LogP contribution in [0.2, 0.25) is 0 Å². The molecule has 5 nitrogen and oxygen atoms in total. The van der Waals surface area contributed by atoms with Gasteiger partial charge in [0.05, 0.1) is 10.8 Å². The lowest BCUT2D eigenvalue weighted by molar-refractivity contribution is 0.283. The summed E-state index contributed by atoms with van der Waals surface area (Å²) in [7, 11) is -3.04. The lowest BCUT2D eigenvalue weighted by atomic mass is 9.96. The lowest BCUT2D eigenvalue weighted by Gasteiger charge is -2.30. The first-order valence-corrected chi connectivity index (χ1v) is 10.4. The molecule has 0 aliphatic heterocycles. The zero-order valence-electron chi connectivity index (χ0n) is 12.9. The maximum Gasteiger partial charge on any atom is 0.279 e. The van der Waals surface area contributed by atoms with Crippen LogP contribution in [0.4, 0.5) is 0 Å². The highest BCUT2D eigenvalue weighted by molar-refractivity contribution is 7.87. The number of benzene rings is 1. The Balaban J connectivity index is 1.83. The molecule has 1 aliphatic rings. The molecule has 1 atom stereocenters. The largest absolute Gasteiger partial charge is 0.279 e. The van der Waals surface area contributed by atoms with E-state index in [-0.39, 0.29) is 18.3 Å². The van der Waals surface area contributed by atoms with Crippen molar-refractivity contribution in [2.24, 2.45) is 0 Å². The van der Waals surface area contributed by atoms with Gasteiger partial charge in [-0.3, -0.25) is 4.21 Å². The van der Waals surface area contributed by atoms with Gasteiger partial charge in [-0.15, -0.1) is 0 Å².